The summed E-state index contributed by atoms with van der Waals surface area (Å²) in [6.45, 7) is 3.51. The first kappa shape index (κ1) is 13.6. The average Bonchev–Trinajstić information content (AvgIpc) is 2.64. The van der Waals surface area contributed by atoms with E-state index in [2.05, 4.69) is 5.16 Å². The van der Waals surface area contributed by atoms with Crippen molar-refractivity contribution in [3.05, 3.63) is 35.0 Å². The highest BCUT2D eigenvalue weighted by Gasteiger charge is 2.12. The number of carbonyl (C=O) groups excluding carboxylic acids is 1. The summed E-state index contributed by atoms with van der Waals surface area (Å²) in [7, 11) is 1.88. The fourth-order valence-electron chi connectivity index (χ4n) is 1.75. The first-order valence-corrected chi connectivity index (χ1v) is 6.37. The summed E-state index contributed by atoms with van der Waals surface area (Å²) in [6, 6.07) is 7.79. The lowest BCUT2D eigenvalue weighted by Gasteiger charge is -1.99. The van der Waals surface area contributed by atoms with E-state index in [0.29, 0.717) is 5.15 Å². The number of para-hydroxylation sites is 1. The average molecular weight is 279 g/mol. The molecule has 0 amide bonds. The predicted molar refractivity (Wildman–Crippen MR) is 76.5 cm³/mol. The first-order valence-electron chi connectivity index (χ1n) is 5.99. The minimum Gasteiger partial charge on any atom is -0.334 e. The molecule has 0 bridgehead atoms. The van der Waals surface area contributed by atoms with Gasteiger partial charge in [0.1, 0.15) is 5.15 Å². The molecule has 0 aliphatic rings. The van der Waals surface area contributed by atoms with Crippen LogP contribution >= 0.6 is 11.6 Å². The van der Waals surface area contributed by atoms with Gasteiger partial charge in [-0.1, -0.05) is 48.8 Å². The van der Waals surface area contributed by atoms with Gasteiger partial charge in [-0.25, -0.2) is 4.79 Å². The van der Waals surface area contributed by atoms with Gasteiger partial charge in [0.2, 0.25) is 0 Å². The number of benzene rings is 1. The van der Waals surface area contributed by atoms with E-state index >= 15 is 0 Å². The second-order valence-corrected chi connectivity index (χ2v) is 4.94. The lowest BCUT2D eigenvalue weighted by molar-refractivity contribution is -0.147. The van der Waals surface area contributed by atoms with Crippen molar-refractivity contribution in [3.63, 3.8) is 0 Å². The molecule has 0 N–H and O–H groups in total. The number of nitrogens with zero attached hydrogens (tertiary/aromatic N) is 2. The zero-order valence-corrected chi connectivity index (χ0v) is 11.8. The number of oxime groups is 1. The Morgan fingerprint density at radius 3 is 2.79 bits per heavy atom. The van der Waals surface area contributed by atoms with Crippen LogP contribution in [0.1, 0.15) is 19.4 Å². The van der Waals surface area contributed by atoms with Gasteiger partial charge in [0.15, 0.2) is 0 Å². The van der Waals surface area contributed by atoms with Gasteiger partial charge in [0.05, 0.1) is 12.1 Å². The maximum atomic E-state index is 11.3. The lowest BCUT2D eigenvalue weighted by Crippen LogP contribution is -2.08. The van der Waals surface area contributed by atoms with Crippen molar-refractivity contribution in [1.29, 1.82) is 0 Å². The minimum atomic E-state index is -0.368. The zero-order valence-electron chi connectivity index (χ0n) is 11.1. The van der Waals surface area contributed by atoms with Gasteiger partial charge in [-0.2, -0.15) is 0 Å². The van der Waals surface area contributed by atoms with E-state index in [4.69, 9.17) is 16.4 Å². The maximum absolute atomic E-state index is 11.3. The minimum absolute atomic E-state index is 0.208. The SMILES string of the molecule is CC(C)C(=O)O/N=C/c1c(Cl)n(C)c2ccccc12. The summed E-state index contributed by atoms with van der Waals surface area (Å²) in [4.78, 5) is 16.1. The van der Waals surface area contributed by atoms with Crippen LogP contribution in [0.2, 0.25) is 5.15 Å². The molecule has 19 heavy (non-hydrogen) atoms. The molecule has 1 aromatic heterocycles. The van der Waals surface area contributed by atoms with Gasteiger partial charge >= 0.3 is 5.97 Å². The van der Waals surface area contributed by atoms with Gasteiger partial charge in [0.25, 0.3) is 0 Å². The lowest BCUT2D eigenvalue weighted by atomic mass is 10.2. The summed E-state index contributed by atoms with van der Waals surface area (Å²) < 4.78 is 1.86. The largest absolute Gasteiger partial charge is 0.337 e. The maximum Gasteiger partial charge on any atom is 0.337 e. The number of carbonyl (C=O) groups is 1. The van der Waals surface area contributed by atoms with Crippen LogP contribution in [0.3, 0.4) is 0 Å². The molecular formula is C14H15ClN2O2. The molecule has 2 aromatic rings. The monoisotopic (exact) mass is 278 g/mol. The van der Waals surface area contributed by atoms with Crippen molar-refractivity contribution in [2.24, 2.45) is 18.1 Å². The molecule has 0 aliphatic carbocycles. The van der Waals surface area contributed by atoms with Crippen molar-refractivity contribution >= 4 is 34.7 Å². The van der Waals surface area contributed by atoms with E-state index < -0.39 is 0 Å². The molecule has 100 valence electrons. The number of fused-ring (bicyclic) bond motifs is 1. The Kier molecular flexibility index (Phi) is 3.90. The summed E-state index contributed by atoms with van der Waals surface area (Å²) in [5, 5.41) is 5.25. The summed E-state index contributed by atoms with van der Waals surface area (Å²) in [6.07, 6.45) is 1.48. The number of rotatable bonds is 3. The second kappa shape index (κ2) is 5.45. The number of hydrogen-bond acceptors (Lipinski definition) is 3. The Morgan fingerprint density at radius 1 is 1.42 bits per heavy atom. The smallest absolute Gasteiger partial charge is 0.334 e. The number of halogens is 1. The predicted octanol–water partition coefficient (Wildman–Crippen LogP) is 3.36. The third kappa shape index (κ3) is 2.63. The van der Waals surface area contributed by atoms with E-state index in [1.165, 1.54) is 6.21 Å². The van der Waals surface area contributed by atoms with Crippen molar-refractivity contribution < 1.29 is 9.63 Å². The Labute approximate surface area is 116 Å². The van der Waals surface area contributed by atoms with Gasteiger partial charge in [-0.3, -0.25) is 0 Å². The molecule has 0 saturated heterocycles. The molecule has 5 heteroatoms. The molecule has 0 fully saturated rings. The Morgan fingerprint density at radius 2 is 2.11 bits per heavy atom. The van der Waals surface area contributed by atoms with Gasteiger partial charge < -0.3 is 9.40 Å². The van der Waals surface area contributed by atoms with Crippen LogP contribution in [0.15, 0.2) is 29.4 Å². The number of hydrogen-bond donors (Lipinski definition) is 0. The molecule has 0 saturated carbocycles. The van der Waals surface area contributed by atoms with Crippen LogP contribution in [-0.2, 0) is 16.7 Å². The number of aromatic nitrogens is 1. The molecule has 0 spiro atoms. The van der Waals surface area contributed by atoms with E-state index in [-0.39, 0.29) is 11.9 Å². The Bertz CT molecular complexity index is 644. The van der Waals surface area contributed by atoms with Crippen LogP contribution in [0, 0.1) is 5.92 Å². The molecule has 2 rings (SSSR count). The molecule has 4 nitrogen and oxygen atoms in total. The van der Waals surface area contributed by atoms with Crippen molar-refractivity contribution in [2.75, 3.05) is 0 Å². The van der Waals surface area contributed by atoms with Crippen molar-refractivity contribution in [3.8, 4) is 0 Å². The highest BCUT2D eigenvalue weighted by Crippen LogP contribution is 2.27. The summed E-state index contributed by atoms with van der Waals surface area (Å²) >= 11 is 6.25. The molecular weight excluding hydrogens is 264 g/mol. The summed E-state index contributed by atoms with van der Waals surface area (Å²) in [5.41, 5.74) is 1.75. The zero-order chi connectivity index (χ0) is 14.0. The van der Waals surface area contributed by atoms with Crippen LogP contribution in [-0.4, -0.2) is 16.8 Å². The summed E-state index contributed by atoms with van der Waals surface area (Å²) in [5.74, 6) is -0.576. The fourth-order valence-corrected chi connectivity index (χ4v) is 1.99. The molecule has 0 unspecified atom stereocenters. The third-order valence-corrected chi connectivity index (χ3v) is 3.33. The quantitative estimate of drug-likeness (QED) is 0.491. The van der Waals surface area contributed by atoms with E-state index in [1.54, 1.807) is 13.8 Å². The van der Waals surface area contributed by atoms with Gasteiger partial charge in [-0.15, -0.1) is 0 Å². The van der Waals surface area contributed by atoms with Crippen LogP contribution in [0.5, 0.6) is 0 Å². The molecule has 1 aromatic carbocycles. The second-order valence-electron chi connectivity index (χ2n) is 4.58. The molecule has 0 radical (unpaired) electrons. The first-order chi connectivity index (χ1) is 9.02. The topological polar surface area (TPSA) is 43.6 Å². The Hall–Kier alpha value is -1.81. The highest BCUT2D eigenvalue weighted by molar-refractivity contribution is 6.34. The van der Waals surface area contributed by atoms with Crippen LogP contribution < -0.4 is 0 Å². The van der Waals surface area contributed by atoms with E-state index in [0.717, 1.165) is 16.5 Å². The number of aryl methyl sites for hydroxylation is 1. The van der Waals surface area contributed by atoms with E-state index in [9.17, 15) is 4.79 Å². The fraction of sp³-hybridized carbons (Fsp3) is 0.286. The van der Waals surface area contributed by atoms with E-state index in [1.807, 2.05) is 35.9 Å². The standard InChI is InChI=1S/C14H15ClN2O2/c1-9(2)14(18)19-16-8-11-10-6-4-5-7-12(10)17(3)13(11)15/h4-9H,1-3H3/b16-8+. The van der Waals surface area contributed by atoms with Crippen molar-refractivity contribution in [1.82, 2.24) is 4.57 Å². The van der Waals surface area contributed by atoms with Crippen LogP contribution in [0.25, 0.3) is 10.9 Å². The van der Waals surface area contributed by atoms with Crippen LogP contribution in [0.4, 0.5) is 0 Å². The molecule has 1 heterocycles. The van der Waals surface area contributed by atoms with Gasteiger partial charge in [0, 0.05) is 23.5 Å². The van der Waals surface area contributed by atoms with Crippen molar-refractivity contribution in [2.45, 2.75) is 13.8 Å². The highest BCUT2D eigenvalue weighted by atomic mass is 35.5. The Balaban J connectivity index is 2.33. The van der Waals surface area contributed by atoms with Gasteiger partial charge in [-0.05, 0) is 6.07 Å². The third-order valence-electron chi connectivity index (χ3n) is 2.87. The molecule has 0 atom stereocenters. The normalized spacial score (nSPS) is 11.6. The molecule has 0 aliphatic heterocycles.